The number of alkyl halides is 1. The van der Waals surface area contributed by atoms with Gasteiger partial charge < -0.3 is 15.1 Å². The van der Waals surface area contributed by atoms with Crippen molar-refractivity contribution >= 4 is 28.6 Å². The van der Waals surface area contributed by atoms with Gasteiger partial charge in [0.25, 0.3) is 0 Å². The second kappa shape index (κ2) is 6.54. The Labute approximate surface area is 97.1 Å². The van der Waals surface area contributed by atoms with Crippen molar-refractivity contribution in [2.75, 3.05) is 26.3 Å². The number of hydrogen-bond acceptors (Lipinski definition) is 5. The Kier molecular flexibility index (Phi) is 6.58. The molecule has 0 bridgehead atoms. The molecule has 0 atom stereocenters. The second-order valence-electron chi connectivity index (χ2n) is 3.29. The fourth-order valence-electron chi connectivity index (χ4n) is 0.643. The lowest BCUT2D eigenvalue weighted by atomic mass is 10.2. The number of halogens is 1. The standard InChI is InChI=1S/C8H16INO4/c1-8(2,9)7(12)14-6-4-10(13)3-5-11/h11,13H,3-6H2,1-2H3. The lowest BCUT2D eigenvalue weighted by Gasteiger charge is -2.17. The summed E-state index contributed by atoms with van der Waals surface area (Å²) < 4.78 is 4.35. The number of hydrogen-bond donors (Lipinski definition) is 2. The molecule has 0 spiro atoms. The van der Waals surface area contributed by atoms with Crippen LogP contribution < -0.4 is 0 Å². The van der Waals surface area contributed by atoms with E-state index in [2.05, 4.69) is 0 Å². The number of carbonyl (C=O) groups is 1. The van der Waals surface area contributed by atoms with E-state index in [1.165, 1.54) is 0 Å². The molecule has 0 aromatic heterocycles. The highest BCUT2D eigenvalue weighted by molar-refractivity contribution is 14.1. The van der Waals surface area contributed by atoms with Crippen LogP contribution in [0.15, 0.2) is 0 Å². The normalized spacial score (nSPS) is 11.9. The number of aliphatic hydroxyl groups is 1. The second-order valence-corrected chi connectivity index (χ2v) is 5.98. The third-order valence-electron chi connectivity index (χ3n) is 1.43. The van der Waals surface area contributed by atoms with Crippen molar-refractivity contribution in [3.63, 3.8) is 0 Å². The van der Waals surface area contributed by atoms with Gasteiger partial charge in [0.15, 0.2) is 0 Å². The number of rotatable bonds is 6. The Hall–Kier alpha value is 0.0800. The lowest BCUT2D eigenvalue weighted by Crippen LogP contribution is -2.31. The summed E-state index contributed by atoms with van der Waals surface area (Å²) in [6.45, 7) is 3.87. The Morgan fingerprint density at radius 1 is 1.50 bits per heavy atom. The van der Waals surface area contributed by atoms with Crippen LogP contribution in [0, 0.1) is 0 Å². The molecule has 0 aromatic rings. The van der Waals surface area contributed by atoms with Gasteiger partial charge in [0.2, 0.25) is 0 Å². The van der Waals surface area contributed by atoms with Crippen molar-refractivity contribution in [2.45, 2.75) is 17.3 Å². The van der Waals surface area contributed by atoms with Gasteiger partial charge in [0.1, 0.15) is 10.0 Å². The highest BCUT2D eigenvalue weighted by Crippen LogP contribution is 2.17. The maximum absolute atomic E-state index is 11.2. The van der Waals surface area contributed by atoms with E-state index in [0.717, 1.165) is 5.06 Å². The average molecular weight is 317 g/mol. The highest BCUT2D eigenvalue weighted by atomic mass is 127. The highest BCUT2D eigenvalue weighted by Gasteiger charge is 2.25. The first-order valence-corrected chi connectivity index (χ1v) is 5.36. The van der Waals surface area contributed by atoms with Gasteiger partial charge in [-0.2, -0.15) is 5.06 Å². The Morgan fingerprint density at radius 3 is 2.50 bits per heavy atom. The first-order chi connectivity index (χ1) is 6.38. The molecule has 0 aliphatic heterocycles. The van der Waals surface area contributed by atoms with Gasteiger partial charge in [-0.25, -0.2) is 0 Å². The largest absolute Gasteiger partial charge is 0.463 e. The van der Waals surface area contributed by atoms with E-state index in [-0.39, 0.29) is 32.3 Å². The van der Waals surface area contributed by atoms with Crippen LogP contribution >= 0.6 is 22.6 Å². The summed E-state index contributed by atoms with van der Waals surface area (Å²) in [5, 5.41) is 18.4. The summed E-state index contributed by atoms with van der Waals surface area (Å²) in [7, 11) is 0. The molecule has 84 valence electrons. The Bertz CT molecular complexity index is 181. The number of hydroxylamine groups is 2. The monoisotopic (exact) mass is 317 g/mol. The Balaban J connectivity index is 3.59. The predicted octanol–water partition coefficient (Wildman–Crippen LogP) is 0.427. The summed E-state index contributed by atoms with van der Waals surface area (Å²) >= 11 is 1.99. The zero-order chi connectivity index (χ0) is 11.2. The molecule has 0 saturated heterocycles. The van der Waals surface area contributed by atoms with Gasteiger partial charge in [-0.15, -0.1) is 0 Å². The van der Waals surface area contributed by atoms with E-state index >= 15 is 0 Å². The third kappa shape index (κ3) is 6.52. The molecule has 0 rings (SSSR count). The summed E-state index contributed by atoms with van der Waals surface area (Å²) in [5.41, 5.74) is 0. The molecule has 5 nitrogen and oxygen atoms in total. The van der Waals surface area contributed by atoms with Gasteiger partial charge in [-0.05, 0) is 13.8 Å². The van der Waals surface area contributed by atoms with Gasteiger partial charge in [-0.3, -0.25) is 4.79 Å². The van der Waals surface area contributed by atoms with Crippen LogP contribution in [0.4, 0.5) is 0 Å². The van der Waals surface area contributed by atoms with E-state index < -0.39 is 3.42 Å². The Morgan fingerprint density at radius 2 is 2.07 bits per heavy atom. The molecular weight excluding hydrogens is 301 g/mol. The minimum Gasteiger partial charge on any atom is -0.463 e. The van der Waals surface area contributed by atoms with Crippen LogP contribution in [-0.2, 0) is 9.53 Å². The van der Waals surface area contributed by atoms with Crippen LogP contribution in [0.3, 0.4) is 0 Å². The van der Waals surface area contributed by atoms with Crippen LogP contribution in [-0.4, -0.2) is 51.1 Å². The number of aliphatic hydroxyl groups excluding tert-OH is 1. The first-order valence-electron chi connectivity index (χ1n) is 4.28. The zero-order valence-corrected chi connectivity index (χ0v) is 10.5. The molecule has 0 unspecified atom stereocenters. The molecule has 0 amide bonds. The van der Waals surface area contributed by atoms with E-state index in [1.807, 2.05) is 22.6 Å². The number of ether oxygens (including phenoxy) is 1. The molecule has 0 heterocycles. The van der Waals surface area contributed by atoms with Gasteiger partial charge >= 0.3 is 5.97 Å². The molecule has 0 aromatic carbocycles. The lowest BCUT2D eigenvalue weighted by molar-refractivity contribution is -0.151. The molecule has 2 N–H and O–H groups in total. The molecule has 0 saturated carbocycles. The summed E-state index contributed by atoms with van der Waals surface area (Å²) in [5.74, 6) is -0.310. The molecule has 14 heavy (non-hydrogen) atoms. The SMILES string of the molecule is CC(C)(I)C(=O)OCCN(O)CCO. The fraction of sp³-hybridized carbons (Fsp3) is 0.875. The number of nitrogens with zero attached hydrogens (tertiary/aromatic N) is 1. The van der Waals surface area contributed by atoms with Gasteiger partial charge in [0.05, 0.1) is 13.2 Å². The van der Waals surface area contributed by atoms with E-state index in [4.69, 9.17) is 15.1 Å². The van der Waals surface area contributed by atoms with E-state index in [1.54, 1.807) is 13.8 Å². The average Bonchev–Trinajstić information content (AvgIpc) is 2.02. The van der Waals surface area contributed by atoms with E-state index in [0.29, 0.717) is 0 Å². The van der Waals surface area contributed by atoms with Crippen LogP contribution in [0.5, 0.6) is 0 Å². The minimum absolute atomic E-state index is 0.123. The van der Waals surface area contributed by atoms with Crippen molar-refractivity contribution in [3.8, 4) is 0 Å². The van der Waals surface area contributed by atoms with Gasteiger partial charge in [0, 0.05) is 6.54 Å². The molecule has 0 radical (unpaired) electrons. The zero-order valence-electron chi connectivity index (χ0n) is 8.36. The van der Waals surface area contributed by atoms with Crippen molar-refractivity contribution in [2.24, 2.45) is 0 Å². The number of carbonyl (C=O) groups excluding carboxylic acids is 1. The van der Waals surface area contributed by atoms with Crippen molar-refractivity contribution < 1.29 is 19.8 Å². The van der Waals surface area contributed by atoms with Gasteiger partial charge in [-0.1, -0.05) is 22.6 Å². The minimum atomic E-state index is -0.547. The maximum Gasteiger partial charge on any atom is 0.321 e. The third-order valence-corrected chi connectivity index (χ3v) is 1.87. The van der Waals surface area contributed by atoms with Crippen molar-refractivity contribution in [1.29, 1.82) is 0 Å². The van der Waals surface area contributed by atoms with Crippen molar-refractivity contribution in [1.82, 2.24) is 5.06 Å². The maximum atomic E-state index is 11.2. The van der Waals surface area contributed by atoms with Crippen LogP contribution in [0.1, 0.15) is 13.8 Å². The molecule has 6 heteroatoms. The summed E-state index contributed by atoms with van der Waals surface area (Å²) in [4.78, 5) is 11.2. The van der Waals surface area contributed by atoms with Crippen molar-refractivity contribution in [3.05, 3.63) is 0 Å². The van der Waals surface area contributed by atoms with Crippen LogP contribution in [0.2, 0.25) is 0 Å². The first kappa shape index (κ1) is 14.1. The number of esters is 1. The molecular formula is C8H16INO4. The molecule has 0 aliphatic rings. The molecule has 0 fully saturated rings. The van der Waals surface area contributed by atoms with Crippen LogP contribution in [0.25, 0.3) is 0 Å². The quantitative estimate of drug-likeness (QED) is 0.322. The summed E-state index contributed by atoms with van der Waals surface area (Å²) in [6, 6.07) is 0. The smallest absolute Gasteiger partial charge is 0.321 e. The fourth-order valence-corrected chi connectivity index (χ4v) is 0.798. The molecule has 0 aliphatic carbocycles. The van der Waals surface area contributed by atoms with E-state index in [9.17, 15) is 4.79 Å². The summed E-state index contributed by atoms with van der Waals surface area (Å²) in [6.07, 6.45) is 0. The topological polar surface area (TPSA) is 70.0 Å². The predicted molar refractivity (Wildman–Crippen MR) is 59.5 cm³/mol.